The van der Waals surface area contributed by atoms with Crippen molar-refractivity contribution in [3.8, 4) is 17.6 Å². The molecule has 122 valence electrons. The fraction of sp³-hybridized carbons (Fsp3) is 0. The van der Waals surface area contributed by atoms with Gasteiger partial charge in [-0.05, 0) is 36.4 Å². The van der Waals surface area contributed by atoms with Gasteiger partial charge in [0.15, 0.2) is 5.70 Å². The molecule has 0 heterocycles. The van der Waals surface area contributed by atoms with E-state index in [2.05, 4.69) is 17.3 Å². The maximum atomic E-state index is 13.1. The Kier molecular flexibility index (Phi) is 5.39. The Balaban J connectivity index is 2.24. The van der Waals surface area contributed by atoms with Crippen molar-refractivity contribution in [2.45, 2.75) is 0 Å². The molecule has 6 N–H and O–H groups in total. The average Bonchev–Trinajstić information content (AvgIpc) is 2.57. The normalized spacial score (nSPS) is 10.9. The Morgan fingerprint density at radius 2 is 1.75 bits per heavy atom. The molecule has 2 aromatic rings. The molecule has 0 amide bonds. The maximum Gasteiger partial charge on any atom is 0.357 e. The van der Waals surface area contributed by atoms with E-state index >= 15 is 0 Å². The molecule has 24 heavy (non-hydrogen) atoms. The zero-order valence-corrected chi connectivity index (χ0v) is 12.4. The van der Waals surface area contributed by atoms with Crippen molar-refractivity contribution >= 4 is 5.97 Å². The molecular formula is C17H14FN3O3. The van der Waals surface area contributed by atoms with Crippen molar-refractivity contribution in [3.05, 3.63) is 77.1 Å². The largest absolute Gasteiger partial charge is 0.476 e. The second kappa shape index (κ2) is 7.67. The molecule has 2 aromatic carbocycles. The first-order chi connectivity index (χ1) is 11.5. The smallest absolute Gasteiger partial charge is 0.357 e. The van der Waals surface area contributed by atoms with Gasteiger partial charge >= 0.3 is 5.97 Å². The number of nitrogens with one attached hydrogen (secondary N) is 1. The Bertz CT molecular complexity index is 853. The Labute approximate surface area is 137 Å². The lowest BCUT2D eigenvalue weighted by Crippen LogP contribution is -2.31. The summed E-state index contributed by atoms with van der Waals surface area (Å²) < 4.78 is 18.4. The first-order valence-corrected chi connectivity index (χ1v) is 6.75. The number of halogens is 1. The summed E-state index contributed by atoms with van der Waals surface area (Å²) in [5.41, 5.74) is 8.00. The highest BCUT2D eigenvalue weighted by atomic mass is 19.1. The number of carboxylic acids is 1. The molecule has 0 aliphatic heterocycles. The second-order valence-electron chi connectivity index (χ2n) is 4.58. The van der Waals surface area contributed by atoms with Crippen molar-refractivity contribution in [2.75, 3.05) is 0 Å². The topological polar surface area (TPSA) is 111 Å². The minimum atomic E-state index is -1.37. The maximum absolute atomic E-state index is 13.1. The van der Waals surface area contributed by atoms with Gasteiger partial charge in [0.1, 0.15) is 11.6 Å². The van der Waals surface area contributed by atoms with Crippen molar-refractivity contribution < 1.29 is 19.0 Å². The molecule has 0 spiro atoms. The number of rotatable bonds is 4. The van der Waals surface area contributed by atoms with Crippen molar-refractivity contribution in [2.24, 2.45) is 11.6 Å². The van der Waals surface area contributed by atoms with Crippen LogP contribution in [0, 0.1) is 17.7 Å². The van der Waals surface area contributed by atoms with Gasteiger partial charge in [-0.3, -0.25) is 5.43 Å². The molecule has 0 saturated heterocycles. The van der Waals surface area contributed by atoms with E-state index in [-0.39, 0.29) is 17.4 Å². The van der Waals surface area contributed by atoms with Gasteiger partial charge < -0.3 is 15.6 Å². The van der Waals surface area contributed by atoms with Gasteiger partial charge in [-0.25, -0.2) is 15.0 Å². The van der Waals surface area contributed by atoms with Gasteiger partial charge in [-0.1, -0.05) is 24.0 Å². The molecule has 0 aromatic heterocycles. The highest BCUT2D eigenvalue weighted by Gasteiger charge is 2.12. The SMILES string of the molecule is NN/C(Oc1cccc(C#Cc2cccc(F)c2)c1)=C(\N)C(=O)O. The quantitative estimate of drug-likeness (QED) is 0.221. The fourth-order valence-electron chi connectivity index (χ4n) is 1.73. The fourth-order valence-corrected chi connectivity index (χ4v) is 1.73. The van der Waals surface area contributed by atoms with E-state index in [1.807, 2.05) is 0 Å². The van der Waals surface area contributed by atoms with Crippen LogP contribution in [-0.4, -0.2) is 11.1 Å². The third-order valence-electron chi connectivity index (χ3n) is 2.84. The minimum Gasteiger partial charge on any atom is -0.476 e. The molecule has 0 aliphatic carbocycles. The lowest BCUT2D eigenvalue weighted by molar-refractivity contribution is -0.132. The van der Waals surface area contributed by atoms with E-state index in [1.165, 1.54) is 12.1 Å². The summed E-state index contributed by atoms with van der Waals surface area (Å²) in [5, 5.41) is 8.84. The van der Waals surface area contributed by atoms with Crippen LogP contribution in [0.2, 0.25) is 0 Å². The zero-order chi connectivity index (χ0) is 17.5. The van der Waals surface area contributed by atoms with E-state index < -0.39 is 11.7 Å². The summed E-state index contributed by atoms with van der Waals surface area (Å²) in [5.74, 6) is 9.14. The third kappa shape index (κ3) is 4.50. The van der Waals surface area contributed by atoms with Gasteiger partial charge in [-0.15, -0.1) is 0 Å². The first-order valence-electron chi connectivity index (χ1n) is 6.75. The van der Waals surface area contributed by atoms with Crippen LogP contribution in [0.25, 0.3) is 0 Å². The van der Waals surface area contributed by atoms with Crippen LogP contribution in [0.3, 0.4) is 0 Å². The number of hydrazine groups is 1. The summed E-state index contributed by atoms with van der Waals surface area (Å²) in [6.07, 6.45) is 0. The van der Waals surface area contributed by atoms with E-state index in [0.29, 0.717) is 11.1 Å². The van der Waals surface area contributed by atoms with Crippen LogP contribution in [0.15, 0.2) is 60.1 Å². The van der Waals surface area contributed by atoms with E-state index in [9.17, 15) is 9.18 Å². The van der Waals surface area contributed by atoms with Crippen molar-refractivity contribution in [1.29, 1.82) is 0 Å². The molecular weight excluding hydrogens is 313 g/mol. The second-order valence-corrected chi connectivity index (χ2v) is 4.58. The number of hydrogen-bond donors (Lipinski definition) is 4. The summed E-state index contributed by atoms with van der Waals surface area (Å²) in [4.78, 5) is 10.8. The number of aliphatic carboxylic acids is 1. The predicted molar refractivity (Wildman–Crippen MR) is 85.6 cm³/mol. The summed E-state index contributed by atoms with van der Waals surface area (Å²) in [6, 6.07) is 12.4. The number of carboxylic acid groups (broad SMARTS) is 1. The predicted octanol–water partition coefficient (Wildman–Crippen LogP) is 1.28. The molecule has 0 radical (unpaired) electrons. The standard InChI is InChI=1S/C17H14FN3O3/c18-13-5-1-3-11(9-13)7-8-12-4-2-6-14(10-12)24-16(21-20)15(19)17(22)23/h1-6,9-10,21H,19-20H2,(H,22,23)/b16-15+. The molecule has 0 saturated carbocycles. The van der Waals surface area contributed by atoms with Gasteiger partial charge in [-0.2, -0.15) is 0 Å². The Morgan fingerprint density at radius 3 is 2.33 bits per heavy atom. The molecule has 0 bridgehead atoms. The van der Waals surface area contributed by atoms with Crippen molar-refractivity contribution in [1.82, 2.24) is 5.43 Å². The molecule has 0 aliphatic rings. The molecule has 6 nitrogen and oxygen atoms in total. The van der Waals surface area contributed by atoms with E-state index in [4.69, 9.17) is 21.4 Å². The van der Waals surface area contributed by atoms with Gasteiger partial charge in [0.25, 0.3) is 0 Å². The minimum absolute atomic E-state index is 0.290. The molecule has 0 unspecified atom stereocenters. The van der Waals surface area contributed by atoms with Crippen LogP contribution in [-0.2, 0) is 4.79 Å². The van der Waals surface area contributed by atoms with Crippen LogP contribution in [0.4, 0.5) is 4.39 Å². The number of nitrogens with two attached hydrogens (primary N) is 2. The van der Waals surface area contributed by atoms with Crippen LogP contribution in [0.1, 0.15) is 11.1 Å². The number of hydrogen-bond acceptors (Lipinski definition) is 5. The Morgan fingerprint density at radius 1 is 1.12 bits per heavy atom. The van der Waals surface area contributed by atoms with Crippen LogP contribution in [0.5, 0.6) is 5.75 Å². The Hall–Kier alpha value is -3.50. The van der Waals surface area contributed by atoms with E-state index in [1.54, 1.807) is 36.4 Å². The number of carbonyl (C=O) groups is 1. The van der Waals surface area contributed by atoms with Gasteiger partial charge in [0.2, 0.25) is 5.88 Å². The lowest BCUT2D eigenvalue weighted by Gasteiger charge is -2.10. The molecule has 0 fully saturated rings. The third-order valence-corrected chi connectivity index (χ3v) is 2.84. The monoisotopic (exact) mass is 327 g/mol. The van der Waals surface area contributed by atoms with Gasteiger partial charge in [0, 0.05) is 11.1 Å². The summed E-state index contributed by atoms with van der Waals surface area (Å²) >= 11 is 0. The molecule has 0 atom stereocenters. The summed E-state index contributed by atoms with van der Waals surface area (Å²) in [6.45, 7) is 0. The van der Waals surface area contributed by atoms with Gasteiger partial charge in [0.05, 0.1) is 0 Å². The number of benzene rings is 2. The number of ether oxygens (including phenoxy) is 1. The average molecular weight is 327 g/mol. The highest BCUT2D eigenvalue weighted by Crippen LogP contribution is 2.15. The van der Waals surface area contributed by atoms with Crippen LogP contribution >= 0.6 is 0 Å². The summed E-state index contributed by atoms with van der Waals surface area (Å²) in [7, 11) is 0. The van der Waals surface area contributed by atoms with Crippen molar-refractivity contribution in [3.63, 3.8) is 0 Å². The lowest BCUT2D eigenvalue weighted by atomic mass is 10.2. The first kappa shape index (κ1) is 16.9. The van der Waals surface area contributed by atoms with Crippen LogP contribution < -0.4 is 21.7 Å². The highest BCUT2D eigenvalue weighted by molar-refractivity contribution is 5.85. The zero-order valence-electron chi connectivity index (χ0n) is 12.4. The van der Waals surface area contributed by atoms with E-state index in [0.717, 1.165) is 0 Å². The molecule has 2 rings (SSSR count). The molecule has 7 heteroatoms.